The quantitative estimate of drug-likeness (QED) is 0.834. The number of piperazine rings is 1. The number of urea groups is 1. The molecule has 1 aliphatic heterocycles. The second-order valence-corrected chi connectivity index (χ2v) is 7.14. The first-order valence-corrected chi connectivity index (χ1v) is 8.53. The van der Waals surface area contributed by atoms with Crippen molar-refractivity contribution in [2.45, 2.75) is 32.4 Å². The van der Waals surface area contributed by atoms with Crippen molar-refractivity contribution in [1.82, 2.24) is 9.80 Å². The van der Waals surface area contributed by atoms with Crippen molar-refractivity contribution in [3.63, 3.8) is 0 Å². The van der Waals surface area contributed by atoms with E-state index in [1.54, 1.807) is 45.0 Å². The van der Waals surface area contributed by atoms with Crippen LogP contribution in [0.3, 0.4) is 0 Å². The molecule has 1 unspecified atom stereocenters. The number of carbonyl (C=O) groups is 3. The molecule has 3 amide bonds. The van der Waals surface area contributed by atoms with Crippen LogP contribution in [0.4, 0.5) is 15.3 Å². The molecule has 1 aromatic carbocycles. The molecule has 0 aromatic heterocycles. The van der Waals surface area contributed by atoms with Crippen LogP contribution >= 0.6 is 0 Å². The number of methoxy groups -OCH3 is 1. The number of carboxylic acid groups (broad SMARTS) is 1. The smallest absolute Gasteiger partial charge is 0.411 e. The summed E-state index contributed by atoms with van der Waals surface area (Å²) in [5.74, 6) is -0.606. The molecule has 1 saturated heterocycles. The third-order valence-corrected chi connectivity index (χ3v) is 3.90. The van der Waals surface area contributed by atoms with Crippen molar-refractivity contribution in [1.29, 1.82) is 0 Å². The highest BCUT2D eigenvalue weighted by Gasteiger charge is 2.39. The van der Waals surface area contributed by atoms with E-state index in [2.05, 4.69) is 5.32 Å². The highest BCUT2D eigenvalue weighted by Crippen LogP contribution is 2.19. The van der Waals surface area contributed by atoms with Gasteiger partial charge in [0, 0.05) is 24.8 Å². The second-order valence-electron chi connectivity index (χ2n) is 7.14. The lowest BCUT2D eigenvalue weighted by Crippen LogP contribution is -2.60. The van der Waals surface area contributed by atoms with Crippen LogP contribution in [0.25, 0.3) is 0 Å². The summed E-state index contributed by atoms with van der Waals surface area (Å²) in [6.45, 7) is 5.25. The Morgan fingerprint density at radius 3 is 2.52 bits per heavy atom. The molecule has 0 spiro atoms. The molecule has 0 bridgehead atoms. The third-order valence-electron chi connectivity index (χ3n) is 3.90. The first kappa shape index (κ1) is 20.3. The zero-order valence-electron chi connectivity index (χ0n) is 15.9. The number of anilines is 1. The van der Waals surface area contributed by atoms with Crippen LogP contribution in [0.2, 0.25) is 0 Å². The fourth-order valence-corrected chi connectivity index (χ4v) is 2.62. The second kappa shape index (κ2) is 8.15. The van der Waals surface area contributed by atoms with Crippen LogP contribution in [0.15, 0.2) is 24.3 Å². The van der Waals surface area contributed by atoms with Gasteiger partial charge in [-0.1, -0.05) is 6.07 Å². The number of aliphatic carboxylic acids is 1. The van der Waals surface area contributed by atoms with Crippen molar-refractivity contribution in [3.8, 4) is 5.75 Å². The molecule has 2 N–H and O–H groups in total. The van der Waals surface area contributed by atoms with Gasteiger partial charge < -0.3 is 24.8 Å². The first-order valence-electron chi connectivity index (χ1n) is 8.53. The third kappa shape index (κ3) is 5.50. The molecule has 9 heteroatoms. The van der Waals surface area contributed by atoms with Gasteiger partial charge in [-0.05, 0) is 32.9 Å². The standard InChI is InChI=1S/C18H25N3O6/c1-18(2,3)27-17(25)21-9-8-20(11-14(21)15(22)23)16(24)19-12-6-5-7-13(10-12)26-4/h5-7,10,14H,8-9,11H2,1-4H3,(H,19,24)(H,22,23). The normalized spacial score (nSPS) is 17.3. The molecule has 148 valence electrons. The number of hydrogen-bond acceptors (Lipinski definition) is 5. The lowest BCUT2D eigenvalue weighted by molar-refractivity contribution is -0.144. The molecule has 0 aliphatic carbocycles. The van der Waals surface area contributed by atoms with Crippen molar-refractivity contribution in [2.75, 3.05) is 32.1 Å². The number of nitrogens with one attached hydrogen (secondary N) is 1. The van der Waals surface area contributed by atoms with Gasteiger partial charge in [0.1, 0.15) is 11.4 Å². The molecule has 1 heterocycles. The summed E-state index contributed by atoms with van der Waals surface area (Å²) in [4.78, 5) is 38.9. The number of amides is 3. The zero-order chi connectivity index (χ0) is 20.2. The summed E-state index contributed by atoms with van der Waals surface area (Å²) in [6, 6.07) is 5.21. The summed E-state index contributed by atoms with van der Waals surface area (Å²) < 4.78 is 10.4. The maximum absolute atomic E-state index is 12.5. The molecule has 1 atom stereocenters. The average Bonchev–Trinajstić information content (AvgIpc) is 2.59. The van der Waals surface area contributed by atoms with E-state index < -0.39 is 29.7 Å². The predicted octanol–water partition coefficient (Wildman–Crippen LogP) is 2.23. The Morgan fingerprint density at radius 2 is 1.93 bits per heavy atom. The van der Waals surface area contributed by atoms with Gasteiger partial charge in [-0.2, -0.15) is 0 Å². The maximum atomic E-state index is 12.5. The largest absolute Gasteiger partial charge is 0.497 e. The van der Waals surface area contributed by atoms with Crippen molar-refractivity contribution < 1.29 is 29.0 Å². The zero-order valence-corrected chi connectivity index (χ0v) is 15.9. The monoisotopic (exact) mass is 379 g/mol. The molecule has 1 fully saturated rings. The highest BCUT2D eigenvalue weighted by molar-refractivity contribution is 5.90. The fourth-order valence-electron chi connectivity index (χ4n) is 2.62. The summed E-state index contributed by atoms with van der Waals surface area (Å²) in [5, 5.41) is 12.2. The summed E-state index contributed by atoms with van der Waals surface area (Å²) in [6.07, 6.45) is -0.706. The summed E-state index contributed by atoms with van der Waals surface area (Å²) in [7, 11) is 1.52. The Hall–Kier alpha value is -2.97. The average molecular weight is 379 g/mol. The molecule has 2 rings (SSSR count). The van der Waals surface area contributed by atoms with Gasteiger partial charge in [0.2, 0.25) is 0 Å². The van der Waals surface area contributed by atoms with Crippen LogP contribution in [0.5, 0.6) is 5.75 Å². The van der Waals surface area contributed by atoms with Crippen LogP contribution in [0.1, 0.15) is 20.8 Å². The number of ether oxygens (including phenoxy) is 2. The predicted molar refractivity (Wildman–Crippen MR) is 97.9 cm³/mol. The van der Waals surface area contributed by atoms with Gasteiger partial charge in [-0.25, -0.2) is 14.4 Å². The van der Waals surface area contributed by atoms with Crippen LogP contribution < -0.4 is 10.1 Å². The minimum atomic E-state index is -1.19. The van der Waals surface area contributed by atoms with Crippen molar-refractivity contribution in [2.24, 2.45) is 0 Å². The molecule has 1 aliphatic rings. The number of carboxylic acids is 1. The molecule has 0 saturated carbocycles. The Balaban J connectivity index is 2.05. The Labute approximate surface area is 157 Å². The van der Waals surface area contributed by atoms with E-state index in [1.165, 1.54) is 12.0 Å². The summed E-state index contributed by atoms with van der Waals surface area (Å²) >= 11 is 0. The SMILES string of the molecule is COc1cccc(NC(=O)N2CCN(C(=O)OC(C)(C)C)C(C(=O)O)C2)c1. The maximum Gasteiger partial charge on any atom is 0.411 e. The minimum absolute atomic E-state index is 0.0669. The molecule has 0 radical (unpaired) electrons. The van der Waals surface area contributed by atoms with Gasteiger partial charge in [0.15, 0.2) is 6.04 Å². The molecular formula is C18H25N3O6. The first-order chi connectivity index (χ1) is 12.6. The number of benzene rings is 1. The molecular weight excluding hydrogens is 354 g/mol. The van der Waals surface area contributed by atoms with Crippen LogP contribution in [-0.2, 0) is 9.53 Å². The molecule has 9 nitrogen and oxygen atoms in total. The topological polar surface area (TPSA) is 108 Å². The van der Waals surface area contributed by atoms with E-state index in [9.17, 15) is 19.5 Å². The fraction of sp³-hybridized carbons (Fsp3) is 0.500. The lowest BCUT2D eigenvalue weighted by Gasteiger charge is -2.39. The van der Waals surface area contributed by atoms with Gasteiger partial charge in [-0.15, -0.1) is 0 Å². The lowest BCUT2D eigenvalue weighted by atomic mass is 10.1. The number of nitrogens with zero attached hydrogens (tertiary/aromatic N) is 2. The highest BCUT2D eigenvalue weighted by atomic mass is 16.6. The summed E-state index contributed by atoms with van der Waals surface area (Å²) in [5.41, 5.74) is -0.207. The Morgan fingerprint density at radius 1 is 1.22 bits per heavy atom. The number of rotatable bonds is 3. The van der Waals surface area contributed by atoms with Gasteiger partial charge in [0.25, 0.3) is 0 Å². The van der Waals surface area contributed by atoms with Gasteiger partial charge >= 0.3 is 18.1 Å². The van der Waals surface area contributed by atoms with Crippen LogP contribution in [-0.4, -0.2) is 71.4 Å². The van der Waals surface area contributed by atoms with Gasteiger partial charge in [0.05, 0.1) is 13.7 Å². The van der Waals surface area contributed by atoms with Crippen molar-refractivity contribution >= 4 is 23.8 Å². The van der Waals surface area contributed by atoms with Gasteiger partial charge in [-0.3, -0.25) is 4.90 Å². The van der Waals surface area contributed by atoms with E-state index in [0.29, 0.717) is 11.4 Å². The van der Waals surface area contributed by atoms with Crippen LogP contribution in [0, 0.1) is 0 Å². The van der Waals surface area contributed by atoms with E-state index in [-0.39, 0.29) is 19.6 Å². The molecule has 27 heavy (non-hydrogen) atoms. The Kier molecular flexibility index (Phi) is 6.14. The molecule has 1 aromatic rings. The van der Waals surface area contributed by atoms with E-state index >= 15 is 0 Å². The van der Waals surface area contributed by atoms with E-state index in [1.807, 2.05) is 0 Å². The van der Waals surface area contributed by atoms with E-state index in [0.717, 1.165) is 4.90 Å². The minimum Gasteiger partial charge on any atom is -0.497 e. The number of hydrogen-bond donors (Lipinski definition) is 2. The number of carbonyl (C=O) groups excluding carboxylic acids is 2. The van der Waals surface area contributed by atoms with E-state index in [4.69, 9.17) is 9.47 Å². The Bertz CT molecular complexity index is 715. The van der Waals surface area contributed by atoms with Crippen molar-refractivity contribution in [3.05, 3.63) is 24.3 Å².